The molecular weight excluding hydrogens is 434 g/mol. The Labute approximate surface area is 216 Å². The van der Waals surface area contributed by atoms with Gasteiger partial charge in [0, 0.05) is 19.2 Å². The fourth-order valence-electron chi connectivity index (χ4n) is 4.46. The predicted octanol–water partition coefficient (Wildman–Crippen LogP) is 9.47. The molecule has 35 heavy (non-hydrogen) atoms. The van der Waals surface area contributed by atoms with E-state index < -0.39 is 0 Å². The first kappa shape index (κ1) is 31.5. The van der Waals surface area contributed by atoms with Gasteiger partial charge in [-0.05, 0) is 30.7 Å². The summed E-state index contributed by atoms with van der Waals surface area (Å²) in [5.74, 6) is 0.892. The number of amides is 1. The smallest absolute Gasteiger partial charge is 0.224 e. The number of hydrogen-bond acceptors (Lipinski definition) is 3. The lowest BCUT2D eigenvalue weighted by Crippen LogP contribution is -2.11. The topological polar surface area (TPSA) is 47.6 Å². The van der Waals surface area contributed by atoms with Crippen LogP contribution >= 0.6 is 0 Å². The van der Waals surface area contributed by atoms with Gasteiger partial charge in [0.05, 0.1) is 6.61 Å². The summed E-state index contributed by atoms with van der Waals surface area (Å²) in [6, 6.07) is 7.53. The van der Waals surface area contributed by atoms with E-state index in [2.05, 4.69) is 12.2 Å². The highest BCUT2D eigenvalue weighted by atomic mass is 16.5. The minimum atomic E-state index is 0.102. The van der Waals surface area contributed by atoms with Crippen molar-refractivity contribution in [2.24, 2.45) is 0 Å². The van der Waals surface area contributed by atoms with Gasteiger partial charge in [-0.3, -0.25) is 4.79 Å². The molecular formula is C31H55NO3. The Morgan fingerprint density at radius 2 is 1.06 bits per heavy atom. The Morgan fingerprint density at radius 3 is 1.49 bits per heavy atom. The van der Waals surface area contributed by atoms with Crippen molar-refractivity contribution in [3.05, 3.63) is 24.3 Å². The molecule has 4 nitrogen and oxygen atoms in total. The number of unbranched alkanes of at least 4 members (excludes halogenated alkanes) is 18. The number of carbonyl (C=O) groups is 1. The van der Waals surface area contributed by atoms with Crippen LogP contribution in [0.5, 0.6) is 5.75 Å². The number of rotatable bonds is 25. The van der Waals surface area contributed by atoms with E-state index in [1.807, 2.05) is 24.3 Å². The normalized spacial score (nSPS) is 11.0. The van der Waals surface area contributed by atoms with Gasteiger partial charge in [-0.1, -0.05) is 122 Å². The van der Waals surface area contributed by atoms with Crippen LogP contribution in [0.2, 0.25) is 0 Å². The number of ether oxygens (including phenoxy) is 2. The maximum atomic E-state index is 12.1. The van der Waals surface area contributed by atoms with Crippen LogP contribution in [-0.2, 0) is 9.53 Å². The summed E-state index contributed by atoms with van der Waals surface area (Å²) in [6.07, 6.45) is 26.6. The number of benzene rings is 1. The number of nitrogens with one attached hydrogen (secondary N) is 1. The molecule has 0 aromatic heterocycles. The molecule has 1 amide bonds. The van der Waals surface area contributed by atoms with Crippen LogP contribution in [0.1, 0.15) is 135 Å². The van der Waals surface area contributed by atoms with Crippen molar-refractivity contribution in [3.8, 4) is 5.75 Å². The van der Waals surface area contributed by atoms with Gasteiger partial charge in [-0.25, -0.2) is 0 Å². The molecule has 0 aliphatic rings. The Balaban J connectivity index is 1.82. The van der Waals surface area contributed by atoms with Gasteiger partial charge in [0.2, 0.25) is 5.91 Å². The Bertz CT molecular complexity index is 587. The number of carbonyl (C=O) groups excluding carboxylic acids is 1. The first-order valence-electron chi connectivity index (χ1n) is 14.8. The van der Waals surface area contributed by atoms with Crippen LogP contribution in [0.25, 0.3) is 0 Å². The van der Waals surface area contributed by atoms with Gasteiger partial charge in [-0.15, -0.1) is 0 Å². The molecule has 0 fully saturated rings. The maximum Gasteiger partial charge on any atom is 0.224 e. The number of methoxy groups -OCH3 is 1. The molecule has 1 aromatic rings. The predicted molar refractivity (Wildman–Crippen MR) is 150 cm³/mol. The zero-order valence-electron chi connectivity index (χ0n) is 23.1. The van der Waals surface area contributed by atoms with Crippen molar-refractivity contribution in [2.75, 3.05) is 25.6 Å². The molecule has 1 rings (SSSR count). The summed E-state index contributed by atoms with van der Waals surface area (Å²) in [5.41, 5.74) is 0.826. The fraction of sp³-hybridized carbons (Fsp3) is 0.774. The summed E-state index contributed by atoms with van der Waals surface area (Å²) in [4.78, 5) is 12.1. The zero-order chi connectivity index (χ0) is 25.2. The van der Waals surface area contributed by atoms with Crippen molar-refractivity contribution in [3.63, 3.8) is 0 Å². The monoisotopic (exact) mass is 489 g/mol. The van der Waals surface area contributed by atoms with E-state index in [1.165, 1.54) is 109 Å². The highest BCUT2D eigenvalue weighted by Gasteiger charge is 2.03. The molecule has 0 aliphatic heterocycles. The van der Waals surface area contributed by atoms with Gasteiger partial charge in [0.1, 0.15) is 12.4 Å². The average molecular weight is 490 g/mol. The average Bonchev–Trinajstić information content (AvgIpc) is 2.86. The second kappa shape index (κ2) is 24.2. The van der Waals surface area contributed by atoms with Crippen LogP contribution in [-0.4, -0.2) is 26.2 Å². The van der Waals surface area contributed by atoms with Gasteiger partial charge in [0.25, 0.3) is 0 Å². The largest absolute Gasteiger partial charge is 0.491 e. The van der Waals surface area contributed by atoms with Crippen LogP contribution < -0.4 is 10.1 Å². The minimum absolute atomic E-state index is 0.102. The van der Waals surface area contributed by atoms with Crippen LogP contribution in [0.3, 0.4) is 0 Å². The molecule has 0 spiro atoms. The molecule has 1 aromatic carbocycles. The van der Waals surface area contributed by atoms with Gasteiger partial charge in [-0.2, -0.15) is 0 Å². The second-order valence-corrected chi connectivity index (χ2v) is 10.0. The molecule has 202 valence electrons. The van der Waals surface area contributed by atoms with Gasteiger partial charge in [0.15, 0.2) is 0 Å². The van der Waals surface area contributed by atoms with Crippen molar-refractivity contribution in [2.45, 2.75) is 135 Å². The SMILES string of the molecule is CCCCCCCCCCCCCCCCCCCCCC(=O)Nc1ccc(OCCOC)cc1. The minimum Gasteiger partial charge on any atom is -0.491 e. The second-order valence-electron chi connectivity index (χ2n) is 10.0. The summed E-state index contributed by atoms with van der Waals surface area (Å²) < 4.78 is 10.5. The van der Waals surface area contributed by atoms with E-state index in [4.69, 9.17) is 9.47 Å². The van der Waals surface area contributed by atoms with E-state index in [9.17, 15) is 4.79 Å². The maximum absolute atomic E-state index is 12.1. The third-order valence-corrected chi connectivity index (χ3v) is 6.70. The number of hydrogen-bond donors (Lipinski definition) is 1. The molecule has 0 saturated carbocycles. The fourth-order valence-corrected chi connectivity index (χ4v) is 4.46. The van der Waals surface area contributed by atoms with E-state index in [-0.39, 0.29) is 5.91 Å². The third-order valence-electron chi connectivity index (χ3n) is 6.70. The van der Waals surface area contributed by atoms with Crippen LogP contribution in [0.15, 0.2) is 24.3 Å². The summed E-state index contributed by atoms with van der Waals surface area (Å²) in [6.45, 7) is 3.38. The first-order chi connectivity index (χ1) is 17.3. The summed E-state index contributed by atoms with van der Waals surface area (Å²) in [5, 5.41) is 2.98. The number of anilines is 1. The molecule has 0 unspecified atom stereocenters. The zero-order valence-corrected chi connectivity index (χ0v) is 23.1. The lowest BCUT2D eigenvalue weighted by Gasteiger charge is -2.08. The molecule has 4 heteroatoms. The summed E-state index contributed by atoms with van der Waals surface area (Å²) in [7, 11) is 1.66. The van der Waals surface area contributed by atoms with Gasteiger partial charge >= 0.3 is 0 Å². The van der Waals surface area contributed by atoms with Gasteiger partial charge < -0.3 is 14.8 Å². The third kappa shape index (κ3) is 20.4. The quantitative estimate of drug-likeness (QED) is 0.139. The van der Waals surface area contributed by atoms with Crippen LogP contribution in [0.4, 0.5) is 5.69 Å². The summed E-state index contributed by atoms with van der Waals surface area (Å²) >= 11 is 0. The lowest BCUT2D eigenvalue weighted by molar-refractivity contribution is -0.116. The highest BCUT2D eigenvalue weighted by Crippen LogP contribution is 2.17. The van der Waals surface area contributed by atoms with E-state index in [1.54, 1.807) is 7.11 Å². The van der Waals surface area contributed by atoms with Crippen molar-refractivity contribution in [1.29, 1.82) is 0 Å². The van der Waals surface area contributed by atoms with Crippen LogP contribution in [0, 0.1) is 0 Å². The first-order valence-corrected chi connectivity index (χ1v) is 14.8. The molecule has 0 saturated heterocycles. The molecule has 0 aliphatic carbocycles. The van der Waals surface area contributed by atoms with Crippen molar-refractivity contribution in [1.82, 2.24) is 0 Å². The lowest BCUT2D eigenvalue weighted by atomic mass is 10.0. The molecule has 1 N–H and O–H groups in total. The standard InChI is InChI=1S/C31H55NO3/c1-3-4-5-6-7-8-9-10-11-12-13-14-15-16-17-18-19-20-21-22-31(33)32-29-23-25-30(26-24-29)35-28-27-34-2/h23-26H,3-22,27-28H2,1-2H3,(H,32,33). The van der Waals surface area contributed by atoms with Crippen molar-refractivity contribution < 1.29 is 14.3 Å². The highest BCUT2D eigenvalue weighted by molar-refractivity contribution is 5.90. The van der Waals surface area contributed by atoms with E-state index in [0.29, 0.717) is 19.6 Å². The molecule has 0 bridgehead atoms. The Kier molecular flexibility index (Phi) is 21.7. The molecule has 0 heterocycles. The van der Waals surface area contributed by atoms with Crippen molar-refractivity contribution >= 4 is 11.6 Å². The Hall–Kier alpha value is -1.55. The van der Waals surface area contributed by atoms with E-state index >= 15 is 0 Å². The van der Waals surface area contributed by atoms with E-state index in [0.717, 1.165) is 24.3 Å². The molecule has 0 atom stereocenters. The molecule has 0 radical (unpaired) electrons. The Morgan fingerprint density at radius 1 is 0.629 bits per heavy atom.